The summed E-state index contributed by atoms with van der Waals surface area (Å²) >= 11 is 0. The zero-order chi connectivity index (χ0) is 14.9. The van der Waals surface area contributed by atoms with Gasteiger partial charge in [-0.25, -0.2) is 0 Å². The van der Waals surface area contributed by atoms with Gasteiger partial charge in [-0.3, -0.25) is 4.79 Å². The molecule has 21 heavy (non-hydrogen) atoms. The van der Waals surface area contributed by atoms with Gasteiger partial charge in [0.25, 0.3) is 0 Å². The fourth-order valence-electron chi connectivity index (χ4n) is 2.20. The van der Waals surface area contributed by atoms with E-state index < -0.39 is 0 Å². The number of ether oxygens (including phenoxy) is 1. The third-order valence-corrected chi connectivity index (χ3v) is 3.20. The Balaban J connectivity index is 1.95. The maximum atomic E-state index is 11.3. The van der Waals surface area contributed by atoms with Gasteiger partial charge in [-0.1, -0.05) is 48.5 Å². The van der Waals surface area contributed by atoms with E-state index in [1.807, 2.05) is 43.3 Å². The first kappa shape index (κ1) is 15.1. The average Bonchev–Trinajstić information content (AvgIpc) is 2.50. The van der Waals surface area contributed by atoms with Gasteiger partial charge in [0.1, 0.15) is 0 Å². The Morgan fingerprint density at radius 1 is 1.05 bits per heavy atom. The van der Waals surface area contributed by atoms with E-state index in [0.29, 0.717) is 19.6 Å². The summed E-state index contributed by atoms with van der Waals surface area (Å²) in [6.07, 6.45) is 1.26. The van der Waals surface area contributed by atoms with Gasteiger partial charge in [0.15, 0.2) is 0 Å². The number of rotatable bonds is 7. The first-order chi connectivity index (χ1) is 10.3. The molecule has 0 spiro atoms. The molecule has 0 unspecified atom stereocenters. The molecule has 0 saturated heterocycles. The Morgan fingerprint density at radius 2 is 1.76 bits per heavy atom. The summed E-state index contributed by atoms with van der Waals surface area (Å²) in [5, 5.41) is 3.32. The monoisotopic (exact) mass is 283 g/mol. The Kier molecular flexibility index (Phi) is 5.83. The average molecular weight is 283 g/mol. The summed E-state index contributed by atoms with van der Waals surface area (Å²) in [7, 11) is 0. The second-order valence-electron chi connectivity index (χ2n) is 4.80. The van der Waals surface area contributed by atoms with Crippen molar-refractivity contribution in [2.45, 2.75) is 19.8 Å². The third-order valence-electron chi connectivity index (χ3n) is 3.20. The van der Waals surface area contributed by atoms with Crippen LogP contribution in [-0.4, -0.2) is 19.1 Å². The molecule has 0 bridgehead atoms. The minimum atomic E-state index is -0.162. The number of benzene rings is 2. The predicted molar refractivity (Wildman–Crippen MR) is 85.4 cm³/mol. The van der Waals surface area contributed by atoms with Crippen molar-refractivity contribution >= 4 is 11.7 Å². The molecule has 0 aliphatic carbocycles. The lowest BCUT2D eigenvalue weighted by atomic mass is 10.0. The molecule has 3 nitrogen and oxygen atoms in total. The van der Waals surface area contributed by atoms with Crippen LogP contribution in [0.15, 0.2) is 54.6 Å². The summed E-state index contributed by atoms with van der Waals surface area (Å²) in [5.74, 6) is -0.162. The molecular weight excluding hydrogens is 262 g/mol. The van der Waals surface area contributed by atoms with Crippen molar-refractivity contribution in [3.63, 3.8) is 0 Å². The van der Waals surface area contributed by atoms with Gasteiger partial charge in [-0.2, -0.15) is 0 Å². The van der Waals surface area contributed by atoms with Crippen LogP contribution in [0.2, 0.25) is 0 Å². The lowest BCUT2D eigenvalue weighted by molar-refractivity contribution is -0.142. The maximum absolute atomic E-state index is 11.3. The molecule has 1 N–H and O–H groups in total. The highest BCUT2D eigenvalue weighted by Gasteiger charge is 2.05. The molecule has 2 aromatic rings. The largest absolute Gasteiger partial charge is 0.466 e. The van der Waals surface area contributed by atoms with Crippen LogP contribution in [0.4, 0.5) is 5.69 Å². The number of para-hydroxylation sites is 1. The molecule has 0 aliphatic heterocycles. The second kappa shape index (κ2) is 8.10. The summed E-state index contributed by atoms with van der Waals surface area (Å²) in [4.78, 5) is 11.3. The summed E-state index contributed by atoms with van der Waals surface area (Å²) < 4.78 is 4.93. The highest BCUT2D eigenvalue weighted by Crippen LogP contribution is 2.19. The molecule has 0 heterocycles. The van der Waals surface area contributed by atoms with E-state index in [-0.39, 0.29) is 5.97 Å². The standard InChI is InChI=1S/C18H21NO2/c1-2-21-18(20)12-13-19-17-11-7-6-10-16(17)14-15-8-4-3-5-9-15/h3-11,19H,2,12-14H2,1H3. The molecule has 0 aromatic heterocycles. The van der Waals surface area contributed by atoms with Crippen molar-refractivity contribution in [2.75, 3.05) is 18.5 Å². The van der Waals surface area contributed by atoms with E-state index in [1.54, 1.807) is 0 Å². The Bertz CT molecular complexity index is 566. The molecule has 2 aromatic carbocycles. The zero-order valence-electron chi connectivity index (χ0n) is 12.3. The minimum absolute atomic E-state index is 0.162. The molecule has 0 radical (unpaired) electrons. The van der Waals surface area contributed by atoms with Gasteiger partial charge in [0, 0.05) is 12.2 Å². The number of carbonyl (C=O) groups is 1. The molecular formula is C18H21NO2. The number of hydrogen-bond acceptors (Lipinski definition) is 3. The molecule has 2 rings (SSSR count). The molecule has 110 valence electrons. The SMILES string of the molecule is CCOC(=O)CCNc1ccccc1Cc1ccccc1. The van der Waals surface area contributed by atoms with E-state index in [9.17, 15) is 4.79 Å². The first-order valence-electron chi connectivity index (χ1n) is 7.31. The lowest BCUT2D eigenvalue weighted by Crippen LogP contribution is -2.12. The summed E-state index contributed by atoms with van der Waals surface area (Å²) in [6, 6.07) is 18.6. The van der Waals surface area contributed by atoms with Crippen LogP contribution in [-0.2, 0) is 16.0 Å². The summed E-state index contributed by atoms with van der Waals surface area (Å²) in [6.45, 7) is 2.84. The van der Waals surface area contributed by atoms with Crippen molar-refractivity contribution in [2.24, 2.45) is 0 Å². The van der Waals surface area contributed by atoms with Gasteiger partial charge in [0.05, 0.1) is 13.0 Å². The fourth-order valence-corrected chi connectivity index (χ4v) is 2.20. The van der Waals surface area contributed by atoms with Crippen molar-refractivity contribution in [1.82, 2.24) is 0 Å². The number of nitrogens with one attached hydrogen (secondary N) is 1. The van der Waals surface area contributed by atoms with Crippen LogP contribution in [0, 0.1) is 0 Å². The highest BCUT2D eigenvalue weighted by atomic mass is 16.5. The van der Waals surface area contributed by atoms with Gasteiger partial charge in [-0.05, 0) is 30.5 Å². The molecule has 3 heteroatoms. The van der Waals surface area contributed by atoms with Crippen LogP contribution in [0.25, 0.3) is 0 Å². The third kappa shape index (κ3) is 4.95. The van der Waals surface area contributed by atoms with Crippen LogP contribution in [0.3, 0.4) is 0 Å². The topological polar surface area (TPSA) is 38.3 Å². The highest BCUT2D eigenvalue weighted by molar-refractivity contribution is 5.70. The van der Waals surface area contributed by atoms with Crippen molar-refractivity contribution in [3.05, 3.63) is 65.7 Å². The first-order valence-corrected chi connectivity index (χ1v) is 7.31. The fraction of sp³-hybridized carbons (Fsp3) is 0.278. The summed E-state index contributed by atoms with van der Waals surface area (Å²) in [5.41, 5.74) is 3.58. The van der Waals surface area contributed by atoms with Crippen molar-refractivity contribution in [1.29, 1.82) is 0 Å². The predicted octanol–water partition coefficient (Wildman–Crippen LogP) is 3.64. The Morgan fingerprint density at radius 3 is 2.52 bits per heavy atom. The van der Waals surface area contributed by atoms with Crippen molar-refractivity contribution in [3.8, 4) is 0 Å². The molecule has 0 aliphatic rings. The van der Waals surface area contributed by atoms with Crippen LogP contribution in [0.1, 0.15) is 24.5 Å². The zero-order valence-corrected chi connectivity index (χ0v) is 12.3. The van der Waals surface area contributed by atoms with Crippen LogP contribution >= 0.6 is 0 Å². The van der Waals surface area contributed by atoms with E-state index >= 15 is 0 Å². The minimum Gasteiger partial charge on any atom is -0.466 e. The molecule has 0 atom stereocenters. The lowest BCUT2D eigenvalue weighted by Gasteiger charge is -2.12. The normalized spacial score (nSPS) is 10.1. The van der Waals surface area contributed by atoms with Crippen molar-refractivity contribution < 1.29 is 9.53 Å². The maximum Gasteiger partial charge on any atom is 0.307 e. The van der Waals surface area contributed by atoms with E-state index in [4.69, 9.17) is 4.74 Å². The number of esters is 1. The van der Waals surface area contributed by atoms with Gasteiger partial charge < -0.3 is 10.1 Å². The molecule has 0 amide bonds. The van der Waals surface area contributed by atoms with Crippen LogP contribution < -0.4 is 5.32 Å². The Labute approximate surface area is 126 Å². The molecule has 0 fully saturated rings. The van der Waals surface area contributed by atoms with Gasteiger partial charge >= 0.3 is 5.97 Å². The number of carbonyl (C=O) groups excluding carboxylic acids is 1. The van der Waals surface area contributed by atoms with E-state index in [0.717, 1.165) is 12.1 Å². The number of hydrogen-bond donors (Lipinski definition) is 1. The quantitative estimate of drug-likeness (QED) is 0.788. The number of anilines is 1. The Hall–Kier alpha value is -2.29. The van der Waals surface area contributed by atoms with Gasteiger partial charge in [0.2, 0.25) is 0 Å². The second-order valence-corrected chi connectivity index (χ2v) is 4.80. The van der Waals surface area contributed by atoms with E-state index in [2.05, 4.69) is 23.5 Å². The molecule has 0 saturated carbocycles. The smallest absolute Gasteiger partial charge is 0.307 e. The van der Waals surface area contributed by atoms with Gasteiger partial charge in [-0.15, -0.1) is 0 Å². The van der Waals surface area contributed by atoms with E-state index in [1.165, 1.54) is 11.1 Å². The van der Waals surface area contributed by atoms with Crippen LogP contribution in [0.5, 0.6) is 0 Å².